The Kier molecular flexibility index (Phi) is 9.04. The fourth-order valence-electron chi connectivity index (χ4n) is 6.47. The molecule has 1 aliphatic carbocycles. The fraction of sp³-hybridized carbons (Fsp3) is 0.333. The Bertz CT molecular complexity index is 1750. The monoisotopic (exact) mass is 650 g/mol. The molecule has 47 heavy (non-hydrogen) atoms. The highest BCUT2D eigenvalue weighted by Gasteiger charge is 2.45. The molecular formula is C39H39ClN2O5. The first kappa shape index (κ1) is 31.4. The van der Waals surface area contributed by atoms with Crippen LogP contribution >= 0.6 is 11.6 Å². The molecule has 1 saturated carbocycles. The van der Waals surface area contributed by atoms with Crippen molar-refractivity contribution >= 4 is 23.1 Å². The number of aromatic nitrogens is 1. The van der Waals surface area contributed by atoms with E-state index in [1.807, 2.05) is 66.7 Å². The lowest BCUT2D eigenvalue weighted by molar-refractivity contribution is -0.0254. The van der Waals surface area contributed by atoms with Gasteiger partial charge in [-0.15, -0.1) is 0 Å². The average Bonchev–Trinajstić information content (AvgIpc) is 3.90. The minimum atomic E-state index is -0.814. The van der Waals surface area contributed by atoms with Crippen LogP contribution in [0.5, 0.6) is 17.4 Å². The molecule has 0 radical (unpaired) electrons. The van der Waals surface area contributed by atoms with E-state index in [1.54, 1.807) is 18.3 Å². The molecule has 7 rings (SSSR count). The van der Waals surface area contributed by atoms with Crippen LogP contribution in [0.15, 0.2) is 97.2 Å². The number of ether oxygens (including phenoxy) is 3. The van der Waals surface area contributed by atoms with Crippen LogP contribution in [0.4, 0.5) is 0 Å². The summed E-state index contributed by atoms with van der Waals surface area (Å²) >= 11 is 6.06. The van der Waals surface area contributed by atoms with E-state index in [1.165, 1.54) is 0 Å². The molecule has 0 bridgehead atoms. The quantitative estimate of drug-likeness (QED) is 0.175. The summed E-state index contributed by atoms with van der Waals surface area (Å²) in [6.45, 7) is 3.35. The summed E-state index contributed by atoms with van der Waals surface area (Å²) < 4.78 is 18.5. The Morgan fingerprint density at radius 2 is 1.72 bits per heavy atom. The van der Waals surface area contributed by atoms with E-state index in [-0.39, 0.29) is 11.4 Å². The lowest BCUT2D eigenvalue weighted by Crippen LogP contribution is -2.42. The van der Waals surface area contributed by atoms with Gasteiger partial charge in [0.2, 0.25) is 5.88 Å². The molecule has 0 amide bonds. The number of pyridine rings is 1. The number of carbonyl (C=O) groups is 1. The second kappa shape index (κ2) is 13.5. The van der Waals surface area contributed by atoms with Crippen LogP contribution < -0.4 is 9.47 Å². The number of hydrogen-bond donors (Lipinski definition) is 1. The molecule has 3 aromatic carbocycles. The maximum absolute atomic E-state index is 12.5. The van der Waals surface area contributed by atoms with Gasteiger partial charge in [0.25, 0.3) is 0 Å². The zero-order chi connectivity index (χ0) is 32.3. The van der Waals surface area contributed by atoms with Crippen molar-refractivity contribution in [3.8, 4) is 17.4 Å². The Balaban J connectivity index is 1.01. The molecule has 1 N–H and O–H groups in total. The van der Waals surface area contributed by atoms with Crippen molar-refractivity contribution in [1.29, 1.82) is 0 Å². The number of benzene rings is 3. The van der Waals surface area contributed by atoms with E-state index >= 15 is 0 Å². The van der Waals surface area contributed by atoms with Gasteiger partial charge in [0.15, 0.2) is 0 Å². The molecule has 0 spiro atoms. The molecule has 4 aromatic rings. The normalized spacial score (nSPS) is 18.7. The fourth-order valence-corrected chi connectivity index (χ4v) is 6.60. The number of allylic oxidation sites excluding steroid dienone is 1. The third-order valence-electron chi connectivity index (χ3n) is 9.69. The van der Waals surface area contributed by atoms with E-state index in [4.69, 9.17) is 25.8 Å². The van der Waals surface area contributed by atoms with Gasteiger partial charge in [0.1, 0.15) is 18.1 Å². The third-order valence-corrected chi connectivity index (χ3v) is 9.94. The zero-order valence-electron chi connectivity index (χ0n) is 26.4. The molecule has 1 aromatic heterocycles. The highest BCUT2D eigenvalue weighted by molar-refractivity contribution is 6.30. The molecule has 2 aliphatic heterocycles. The van der Waals surface area contributed by atoms with E-state index in [9.17, 15) is 9.90 Å². The summed E-state index contributed by atoms with van der Waals surface area (Å²) in [5.41, 5.74) is 3.62. The van der Waals surface area contributed by atoms with Crippen LogP contribution in [0.25, 0.3) is 5.57 Å². The SMILES string of the molecule is O=C(OCC1(COc2cccc3c2C/C(=C/CCN2CCC(O)(c4ccc(Cl)cc4)CC2)c2cccnc2O3)CC1)c1ccccc1. The number of piperidine rings is 1. The highest BCUT2D eigenvalue weighted by Crippen LogP contribution is 2.48. The molecule has 2 fully saturated rings. The molecule has 1 saturated heterocycles. The molecule has 242 valence electrons. The third kappa shape index (κ3) is 7.23. The van der Waals surface area contributed by atoms with Gasteiger partial charge in [0.05, 0.1) is 17.8 Å². The largest absolute Gasteiger partial charge is 0.492 e. The average molecular weight is 651 g/mol. The van der Waals surface area contributed by atoms with Gasteiger partial charge < -0.3 is 24.2 Å². The summed E-state index contributed by atoms with van der Waals surface area (Å²) in [7, 11) is 0. The first-order valence-electron chi connectivity index (χ1n) is 16.4. The van der Waals surface area contributed by atoms with Crippen LogP contribution in [-0.2, 0) is 16.8 Å². The lowest BCUT2D eigenvalue weighted by Gasteiger charge is -2.38. The van der Waals surface area contributed by atoms with Crippen molar-refractivity contribution in [3.63, 3.8) is 0 Å². The first-order valence-corrected chi connectivity index (χ1v) is 16.8. The van der Waals surface area contributed by atoms with E-state index < -0.39 is 5.60 Å². The number of likely N-dealkylation sites (tertiary alicyclic amines) is 1. The Morgan fingerprint density at radius 3 is 2.49 bits per heavy atom. The molecule has 0 atom stereocenters. The topological polar surface area (TPSA) is 81.1 Å². The van der Waals surface area contributed by atoms with Gasteiger partial charge in [0, 0.05) is 53.8 Å². The van der Waals surface area contributed by atoms with Crippen molar-refractivity contribution in [3.05, 3.63) is 124 Å². The number of halogens is 1. The van der Waals surface area contributed by atoms with Gasteiger partial charge in [-0.2, -0.15) is 0 Å². The lowest BCUT2D eigenvalue weighted by atomic mass is 9.84. The molecule has 8 heteroatoms. The van der Waals surface area contributed by atoms with Gasteiger partial charge in [-0.05, 0) is 91.8 Å². The minimum Gasteiger partial charge on any atom is -0.492 e. The predicted octanol–water partition coefficient (Wildman–Crippen LogP) is 7.86. The molecular weight excluding hydrogens is 612 g/mol. The number of aliphatic hydroxyl groups is 1. The van der Waals surface area contributed by atoms with Gasteiger partial charge in [-0.25, -0.2) is 9.78 Å². The van der Waals surface area contributed by atoms with Gasteiger partial charge >= 0.3 is 5.97 Å². The van der Waals surface area contributed by atoms with E-state index in [2.05, 4.69) is 22.0 Å². The number of fused-ring (bicyclic) bond motifs is 2. The summed E-state index contributed by atoms with van der Waals surface area (Å²) in [5, 5.41) is 12.0. The summed E-state index contributed by atoms with van der Waals surface area (Å²) in [6.07, 6.45) is 8.84. The smallest absolute Gasteiger partial charge is 0.338 e. The van der Waals surface area contributed by atoms with Gasteiger partial charge in [-0.1, -0.05) is 54.1 Å². The molecule has 3 aliphatic rings. The number of esters is 1. The van der Waals surface area contributed by atoms with Crippen LogP contribution in [0.3, 0.4) is 0 Å². The Labute approximate surface area is 280 Å². The summed E-state index contributed by atoms with van der Waals surface area (Å²) in [6, 6.07) is 26.6. The predicted molar refractivity (Wildman–Crippen MR) is 182 cm³/mol. The van der Waals surface area contributed by atoms with Crippen molar-refractivity contribution in [1.82, 2.24) is 9.88 Å². The van der Waals surface area contributed by atoms with E-state index in [0.29, 0.717) is 48.9 Å². The molecule has 3 heterocycles. The van der Waals surface area contributed by atoms with E-state index in [0.717, 1.165) is 72.7 Å². The number of carbonyl (C=O) groups excluding carboxylic acids is 1. The van der Waals surface area contributed by atoms with Crippen LogP contribution in [0.1, 0.15) is 59.2 Å². The second-order valence-electron chi connectivity index (χ2n) is 13.0. The van der Waals surface area contributed by atoms with Crippen LogP contribution in [-0.4, -0.2) is 53.8 Å². The summed E-state index contributed by atoms with van der Waals surface area (Å²) in [4.78, 5) is 19.5. The maximum Gasteiger partial charge on any atom is 0.338 e. The van der Waals surface area contributed by atoms with Crippen molar-refractivity contribution in [2.45, 2.75) is 44.1 Å². The molecule has 0 unspecified atom stereocenters. The maximum atomic E-state index is 12.5. The standard InChI is InChI=1S/C39H39ClN2O5/c40-31-15-13-30(14-16-31)39(44)19-23-42(24-20-39)22-6-9-29-25-33-34(11-4-12-35(33)47-36-32(29)10-5-21-41-36)45-26-38(17-18-38)27-46-37(43)28-7-2-1-3-8-28/h1-5,7-16,21,44H,6,17-20,22-27H2/b29-9-. The number of rotatable bonds is 10. The Morgan fingerprint density at radius 1 is 0.936 bits per heavy atom. The van der Waals surface area contributed by atoms with Gasteiger partial charge in [-0.3, -0.25) is 0 Å². The van der Waals surface area contributed by atoms with Crippen molar-refractivity contribution in [2.24, 2.45) is 5.41 Å². The first-order chi connectivity index (χ1) is 22.9. The molecule has 7 nitrogen and oxygen atoms in total. The number of nitrogens with zero attached hydrogens (tertiary/aromatic N) is 2. The number of hydrogen-bond acceptors (Lipinski definition) is 7. The second-order valence-corrected chi connectivity index (χ2v) is 13.4. The van der Waals surface area contributed by atoms with Crippen LogP contribution in [0, 0.1) is 5.41 Å². The minimum absolute atomic E-state index is 0.171. The summed E-state index contributed by atoms with van der Waals surface area (Å²) in [5.74, 6) is 1.80. The zero-order valence-corrected chi connectivity index (χ0v) is 27.1. The van der Waals surface area contributed by atoms with Crippen molar-refractivity contribution in [2.75, 3.05) is 32.8 Å². The Hall–Kier alpha value is -4.17. The highest BCUT2D eigenvalue weighted by atomic mass is 35.5. The van der Waals surface area contributed by atoms with Crippen LogP contribution in [0.2, 0.25) is 5.02 Å². The van der Waals surface area contributed by atoms with Crippen molar-refractivity contribution < 1.29 is 24.1 Å².